The van der Waals surface area contributed by atoms with E-state index in [0.29, 0.717) is 22.6 Å². The molecule has 2 nitrogen and oxygen atoms in total. The number of carbonyl (C=O) groups is 1. The van der Waals surface area contributed by atoms with Crippen LogP contribution in [0.15, 0.2) is 101 Å². The summed E-state index contributed by atoms with van der Waals surface area (Å²) in [5.41, 5.74) is 0.766. The molecule has 0 bridgehead atoms. The van der Waals surface area contributed by atoms with Gasteiger partial charge in [-0.05, 0) is 42.3 Å². The molecule has 3 heteroatoms. The molecule has 0 amide bonds. The summed E-state index contributed by atoms with van der Waals surface area (Å²) in [5, 5.41) is 0. The molecule has 0 aliphatic heterocycles. The average Bonchev–Trinajstić information content (AvgIpc) is 3.17. The highest BCUT2D eigenvalue weighted by atomic mass is 19.1. The van der Waals surface area contributed by atoms with Crippen molar-refractivity contribution in [2.45, 2.75) is 12.3 Å². The summed E-state index contributed by atoms with van der Waals surface area (Å²) in [6, 6.07) is 28.3. The Balaban J connectivity index is 2.08. The molecular weight excluding hydrogens is 351 g/mol. The number of hydrogen-bond acceptors (Lipinski definition) is 2. The van der Waals surface area contributed by atoms with Crippen LogP contribution in [0.25, 0.3) is 0 Å². The maximum atomic E-state index is 14.0. The summed E-state index contributed by atoms with van der Waals surface area (Å²) in [6.07, 6.45) is 0. The molecule has 4 rings (SSSR count). The van der Waals surface area contributed by atoms with Crippen molar-refractivity contribution >= 4 is 5.78 Å². The summed E-state index contributed by atoms with van der Waals surface area (Å²) < 4.78 is 19.7. The lowest BCUT2D eigenvalue weighted by Crippen LogP contribution is -2.38. The van der Waals surface area contributed by atoms with Gasteiger partial charge in [-0.25, -0.2) is 4.39 Å². The monoisotopic (exact) mass is 370 g/mol. The second-order valence-corrected chi connectivity index (χ2v) is 6.73. The van der Waals surface area contributed by atoms with E-state index in [1.54, 1.807) is 24.3 Å². The Morgan fingerprint density at radius 1 is 0.750 bits per heavy atom. The number of furan rings is 1. The number of ketones is 1. The molecule has 0 spiro atoms. The first-order valence-electron chi connectivity index (χ1n) is 9.10. The van der Waals surface area contributed by atoms with E-state index in [1.165, 1.54) is 12.1 Å². The molecular formula is C25H19FO2. The summed E-state index contributed by atoms with van der Waals surface area (Å²) in [4.78, 5) is 14.0. The van der Waals surface area contributed by atoms with Crippen molar-refractivity contribution < 1.29 is 13.6 Å². The highest BCUT2D eigenvalue weighted by Crippen LogP contribution is 2.42. The lowest BCUT2D eigenvalue weighted by Gasteiger charge is -2.32. The first kappa shape index (κ1) is 17.9. The molecule has 138 valence electrons. The Labute approximate surface area is 163 Å². The maximum Gasteiger partial charge on any atom is 0.185 e. The molecule has 0 N–H and O–H groups in total. The van der Waals surface area contributed by atoms with Gasteiger partial charge in [0.1, 0.15) is 22.8 Å². The van der Waals surface area contributed by atoms with Gasteiger partial charge in [-0.1, -0.05) is 72.8 Å². The summed E-state index contributed by atoms with van der Waals surface area (Å²) in [6.45, 7) is 1.84. The van der Waals surface area contributed by atoms with E-state index in [2.05, 4.69) is 0 Å². The van der Waals surface area contributed by atoms with Crippen LogP contribution in [-0.2, 0) is 5.41 Å². The molecule has 0 saturated carbocycles. The van der Waals surface area contributed by atoms with Gasteiger partial charge in [0.2, 0.25) is 0 Å². The van der Waals surface area contributed by atoms with Crippen LogP contribution in [0.2, 0.25) is 0 Å². The third kappa shape index (κ3) is 2.95. The predicted octanol–water partition coefficient (Wildman–Crippen LogP) is 5.94. The zero-order valence-corrected chi connectivity index (χ0v) is 15.4. The number of rotatable bonds is 5. The molecule has 1 heterocycles. The molecule has 0 fully saturated rings. The van der Waals surface area contributed by atoms with E-state index in [-0.39, 0.29) is 11.6 Å². The number of carbonyl (C=O) groups excluding carboxylic acids is 1. The topological polar surface area (TPSA) is 30.2 Å². The minimum atomic E-state index is -1.22. The van der Waals surface area contributed by atoms with Crippen molar-refractivity contribution in [1.29, 1.82) is 0 Å². The first-order chi connectivity index (χ1) is 13.6. The van der Waals surface area contributed by atoms with Gasteiger partial charge in [0, 0.05) is 5.56 Å². The molecule has 0 aliphatic rings. The van der Waals surface area contributed by atoms with E-state index in [0.717, 1.165) is 5.56 Å². The Morgan fingerprint density at radius 2 is 1.32 bits per heavy atom. The molecule has 28 heavy (non-hydrogen) atoms. The van der Waals surface area contributed by atoms with Gasteiger partial charge >= 0.3 is 0 Å². The Bertz CT molecular complexity index is 1080. The highest BCUT2D eigenvalue weighted by Gasteiger charge is 2.46. The minimum Gasteiger partial charge on any atom is -0.465 e. The van der Waals surface area contributed by atoms with E-state index in [1.807, 2.05) is 67.6 Å². The number of aryl methyl sites for hydroxylation is 1. The van der Waals surface area contributed by atoms with Crippen LogP contribution in [-0.4, -0.2) is 5.78 Å². The Kier molecular flexibility index (Phi) is 4.66. The van der Waals surface area contributed by atoms with Gasteiger partial charge in [0.05, 0.1) is 0 Å². The molecule has 0 saturated heterocycles. The third-order valence-corrected chi connectivity index (χ3v) is 4.97. The average molecular weight is 370 g/mol. The standard InChI is InChI=1S/C25H19FO2/c1-18-12-17-23(28-18)25(20-10-6-3-7-11-20,21-13-15-22(26)16-14-21)24(27)19-8-4-2-5-9-19/h2-17H,1H3. The second-order valence-electron chi connectivity index (χ2n) is 6.73. The largest absolute Gasteiger partial charge is 0.465 e. The molecule has 0 aliphatic carbocycles. The van der Waals surface area contributed by atoms with Crippen molar-refractivity contribution in [3.8, 4) is 0 Å². The maximum absolute atomic E-state index is 14.0. The van der Waals surface area contributed by atoms with Crippen molar-refractivity contribution in [3.63, 3.8) is 0 Å². The van der Waals surface area contributed by atoms with Gasteiger partial charge in [-0.2, -0.15) is 0 Å². The lowest BCUT2D eigenvalue weighted by atomic mass is 9.68. The smallest absolute Gasteiger partial charge is 0.185 e. The van der Waals surface area contributed by atoms with Crippen LogP contribution in [0.4, 0.5) is 4.39 Å². The number of Topliss-reactive ketones (excluding diaryl/α,β-unsaturated/α-hetero) is 1. The summed E-state index contributed by atoms with van der Waals surface area (Å²) >= 11 is 0. The van der Waals surface area contributed by atoms with Crippen molar-refractivity contribution in [1.82, 2.24) is 0 Å². The Hall–Kier alpha value is -3.46. The van der Waals surface area contributed by atoms with E-state index in [9.17, 15) is 9.18 Å². The fourth-order valence-electron chi connectivity index (χ4n) is 3.66. The van der Waals surface area contributed by atoms with Gasteiger partial charge < -0.3 is 4.42 Å². The quantitative estimate of drug-likeness (QED) is 0.407. The van der Waals surface area contributed by atoms with E-state index in [4.69, 9.17) is 4.42 Å². The van der Waals surface area contributed by atoms with Crippen LogP contribution < -0.4 is 0 Å². The van der Waals surface area contributed by atoms with Crippen molar-refractivity contribution in [3.05, 3.63) is 131 Å². The molecule has 3 aromatic carbocycles. The highest BCUT2D eigenvalue weighted by molar-refractivity contribution is 6.08. The molecule has 1 unspecified atom stereocenters. The van der Waals surface area contributed by atoms with E-state index < -0.39 is 5.41 Å². The number of halogens is 1. The fourth-order valence-corrected chi connectivity index (χ4v) is 3.66. The SMILES string of the molecule is Cc1ccc(C(C(=O)c2ccccc2)(c2ccccc2)c2ccc(F)cc2)o1. The van der Waals surface area contributed by atoms with E-state index >= 15 is 0 Å². The third-order valence-electron chi connectivity index (χ3n) is 4.97. The minimum absolute atomic E-state index is 0.125. The zero-order valence-electron chi connectivity index (χ0n) is 15.4. The molecule has 1 atom stereocenters. The Morgan fingerprint density at radius 3 is 1.89 bits per heavy atom. The van der Waals surface area contributed by atoms with Gasteiger partial charge in [0.15, 0.2) is 5.78 Å². The molecule has 1 aromatic heterocycles. The number of benzene rings is 3. The predicted molar refractivity (Wildman–Crippen MR) is 107 cm³/mol. The van der Waals surface area contributed by atoms with Gasteiger partial charge in [-0.15, -0.1) is 0 Å². The van der Waals surface area contributed by atoms with Crippen LogP contribution in [0.5, 0.6) is 0 Å². The number of hydrogen-bond donors (Lipinski definition) is 0. The second kappa shape index (κ2) is 7.28. The van der Waals surface area contributed by atoms with Crippen LogP contribution in [0.1, 0.15) is 33.0 Å². The fraction of sp³-hybridized carbons (Fsp3) is 0.0800. The molecule has 4 aromatic rings. The first-order valence-corrected chi connectivity index (χ1v) is 9.10. The van der Waals surface area contributed by atoms with Gasteiger partial charge in [0.25, 0.3) is 0 Å². The lowest BCUT2D eigenvalue weighted by molar-refractivity contribution is 0.0922. The summed E-state index contributed by atoms with van der Waals surface area (Å²) in [7, 11) is 0. The van der Waals surface area contributed by atoms with Crippen LogP contribution in [0.3, 0.4) is 0 Å². The van der Waals surface area contributed by atoms with Crippen molar-refractivity contribution in [2.24, 2.45) is 0 Å². The normalized spacial score (nSPS) is 13.1. The molecule has 0 radical (unpaired) electrons. The summed E-state index contributed by atoms with van der Waals surface area (Å²) in [5.74, 6) is 0.740. The van der Waals surface area contributed by atoms with Crippen LogP contribution >= 0.6 is 0 Å². The van der Waals surface area contributed by atoms with Crippen molar-refractivity contribution in [2.75, 3.05) is 0 Å². The van der Waals surface area contributed by atoms with Gasteiger partial charge in [-0.3, -0.25) is 4.79 Å². The zero-order chi connectivity index (χ0) is 19.6. The van der Waals surface area contributed by atoms with Crippen LogP contribution in [0, 0.1) is 12.7 Å².